The van der Waals surface area contributed by atoms with Crippen LogP contribution in [0.5, 0.6) is 11.5 Å². The molecule has 0 radical (unpaired) electrons. The van der Waals surface area contributed by atoms with Crippen LogP contribution in [-0.4, -0.2) is 42.9 Å². The van der Waals surface area contributed by atoms with Crippen molar-refractivity contribution < 1.29 is 9.47 Å². The Hall–Kier alpha value is -2.11. The average molecular weight is 339 g/mol. The van der Waals surface area contributed by atoms with E-state index in [2.05, 4.69) is 41.4 Å². The molecule has 1 aromatic heterocycles. The first-order valence-corrected chi connectivity index (χ1v) is 9.14. The monoisotopic (exact) mass is 339 g/mol. The minimum absolute atomic E-state index is 0.139. The number of pyridine rings is 1. The molecule has 5 heteroatoms. The predicted molar refractivity (Wildman–Crippen MR) is 97.1 cm³/mol. The van der Waals surface area contributed by atoms with Gasteiger partial charge < -0.3 is 14.8 Å². The van der Waals surface area contributed by atoms with Gasteiger partial charge in [-0.2, -0.15) is 0 Å². The topological polar surface area (TPSA) is 46.6 Å². The van der Waals surface area contributed by atoms with Crippen molar-refractivity contribution in [2.45, 2.75) is 25.8 Å². The Morgan fingerprint density at radius 2 is 2.04 bits per heavy atom. The van der Waals surface area contributed by atoms with Crippen LogP contribution in [0, 0.1) is 0 Å². The van der Waals surface area contributed by atoms with Gasteiger partial charge in [-0.25, -0.2) is 0 Å². The molecule has 0 spiro atoms. The molecule has 3 heterocycles. The largest absolute Gasteiger partial charge is 0.454 e. The van der Waals surface area contributed by atoms with Crippen molar-refractivity contribution >= 4 is 0 Å². The zero-order valence-electron chi connectivity index (χ0n) is 14.7. The van der Waals surface area contributed by atoms with E-state index in [-0.39, 0.29) is 6.04 Å². The van der Waals surface area contributed by atoms with Crippen molar-refractivity contribution in [3.8, 4) is 11.5 Å². The highest BCUT2D eigenvalue weighted by Crippen LogP contribution is 2.37. The van der Waals surface area contributed by atoms with Crippen LogP contribution in [0.15, 0.2) is 36.5 Å². The van der Waals surface area contributed by atoms with E-state index >= 15 is 0 Å². The van der Waals surface area contributed by atoms with E-state index in [1.54, 1.807) is 0 Å². The van der Waals surface area contributed by atoms with Gasteiger partial charge in [-0.1, -0.05) is 19.1 Å². The zero-order chi connectivity index (χ0) is 17.1. The molecule has 132 valence electrons. The Kier molecular flexibility index (Phi) is 4.85. The second-order valence-corrected chi connectivity index (χ2v) is 6.60. The van der Waals surface area contributed by atoms with Crippen LogP contribution < -0.4 is 14.8 Å². The van der Waals surface area contributed by atoms with Gasteiger partial charge in [-0.05, 0) is 48.7 Å². The van der Waals surface area contributed by atoms with Crippen LogP contribution in [0.4, 0.5) is 0 Å². The van der Waals surface area contributed by atoms with Crippen LogP contribution in [0.2, 0.25) is 0 Å². The SMILES string of the molecule is CCc1ccc(C(c2ccc3c(c2)OCO3)N2CCCNCC2)nc1. The van der Waals surface area contributed by atoms with E-state index in [9.17, 15) is 0 Å². The molecule has 5 nitrogen and oxygen atoms in total. The van der Waals surface area contributed by atoms with Gasteiger partial charge in [0.15, 0.2) is 11.5 Å². The van der Waals surface area contributed by atoms with E-state index < -0.39 is 0 Å². The van der Waals surface area contributed by atoms with Gasteiger partial charge in [0.1, 0.15) is 0 Å². The fraction of sp³-hybridized carbons (Fsp3) is 0.450. The molecule has 1 saturated heterocycles. The van der Waals surface area contributed by atoms with Gasteiger partial charge in [0.05, 0.1) is 11.7 Å². The summed E-state index contributed by atoms with van der Waals surface area (Å²) in [6.45, 7) is 6.62. The lowest BCUT2D eigenvalue weighted by Gasteiger charge is -2.30. The number of rotatable bonds is 4. The number of hydrogen-bond donors (Lipinski definition) is 1. The Balaban J connectivity index is 1.71. The fourth-order valence-corrected chi connectivity index (χ4v) is 3.58. The first-order valence-electron chi connectivity index (χ1n) is 9.14. The second-order valence-electron chi connectivity index (χ2n) is 6.60. The van der Waals surface area contributed by atoms with Gasteiger partial charge in [-0.3, -0.25) is 9.88 Å². The van der Waals surface area contributed by atoms with Crippen LogP contribution >= 0.6 is 0 Å². The Morgan fingerprint density at radius 1 is 1.12 bits per heavy atom. The van der Waals surface area contributed by atoms with Crippen LogP contribution in [0.1, 0.15) is 36.2 Å². The normalized spacial score (nSPS) is 18.8. The number of ether oxygens (including phenoxy) is 2. The van der Waals surface area contributed by atoms with Crippen molar-refractivity contribution in [1.82, 2.24) is 15.2 Å². The lowest BCUT2D eigenvalue weighted by Crippen LogP contribution is -2.33. The molecule has 0 aliphatic carbocycles. The van der Waals surface area contributed by atoms with Gasteiger partial charge in [0.25, 0.3) is 0 Å². The summed E-state index contributed by atoms with van der Waals surface area (Å²) in [5.74, 6) is 1.66. The molecule has 1 fully saturated rings. The molecule has 2 aliphatic rings. The summed E-state index contributed by atoms with van der Waals surface area (Å²) in [6.07, 6.45) is 4.16. The highest BCUT2D eigenvalue weighted by atomic mass is 16.7. The maximum atomic E-state index is 5.60. The lowest BCUT2D eigenvalue weighted by atomic mass is 9.99. The van der Waals surface area contributed by atoms with E-state index in [1.165, 1.54) is 11.1 Å². The summed E-state index contributed by atoms with van der Waals surface area (Å²) in [5, 5.41) is 3.49. The summed E-state index contributed by atoms with van der Waals surface area (Å²) >= 11 is 0. The third kappa shape index (κ3) is 3.48. The fourth-order valence-electron chi connectivity index (χ4n) is 3.58. The number of benzene rings is 1. The molecule has 1 N–H and O–H groups in total. The third-order valence-electron chi connectivity index (χ3n) is 4.99. The van der Waals surface area contributed by atoms with Crippen molar-refractivity contribution in [3.05, 3.63) is 53.3 Å². The molecule has 1 aromatic carbocycles. The highest BCUT2D eigenvalue weighted by Gasteiger charge is 2.26. The summed E-state index contributed by atoms with van der Waals surface area (Å²) in [5.41, 5.74) is 3.58. The molecule has 1 unspecified atom stereocenters. The molecule has 0 bridgehead atoms. The van der Waals surface area contributed by atoms with Crippen molar-refractivity contribution in [2.75, 3.05) is 33.0 Å². The van der Waals surface area contributed by atoms with Crippen molar-refractivity contribution in [3.63, 3.8) is 0 Å². The molecular weight excluding hydrogens is 314 g/mol. The first kappa shape index (κ1) is 16.4. The Morgan fingerprint density at radius 3 is 2.88 bits per heavy atom. The summed E-state index contributed by atoms with van der Waals surface area (Å²) < 4.78 is 11.1. The minimum atomic E-state index is 0.139. The molecular formula is C20H25N3O2. The molecule has 25 heavy (non-hydrogen) atoms. The second kappa shape index (κ2) is 7.42. The molecule has 2 aliphatic heterocycles. The Labute approximate surface area is 149 Å². The smallest absolute Gasteiger partial charge is 0.231 e. The Bertz CT molecular complexity index is 709. The molecule has 0 amide bonds. The van der Waals surface area contributed by atoms with Gasteiger partial charge in [-0.15, -0.1) is 0 Å². The first-order chi connectivity index (χ1) is 12.3. The summed E-state index contributed by atoms with van der Waals surface area (Å²) in [7, 11) is 0. The number of aryl methyl sites for hydroxylation is 1. The van der Waals surface area contributed by atoms with Crippen LogP contribution in [0.3, 0.4) is 0 Å². The standard InChI is InChI=1S/C20H25N3O2/c1-2-15-4-6-17(22-13-15)20(23-10-3-8-21-9-11-23)16-5-7-18-19(12-16)25-14-24-18/h4-7,12-13,20-21H,2-3,8-11,14H2,1H3. The molecule has 2 aromatic rings. The third-order valence-corrected chi connectivity index (χ3v) is 4.99. The molecule has 0 saturated carbocycles. The minimum Gasteiger partial charge on any atom is -0.454 e. The number of fused-ring (bicyclic) bond motifs is 1. The zero-order valence-corrected chi connectivity index (χ0v) is 14.7. The maximum absolute atomic E-state index is 5.60. The maximum Gasteiger partial charge on any atom is 0.231 e. The van der Waals surface area contributed by atoms with Gasteiger partial charge in [0, 0.05) is 25.8 Å². The number of aromatic nitrogens is 1. The van der Waals surface area contributed by atoms with Crippen LogP contribution in [-0.2, 0) is 6.42 Å². The van der Waals surface area contributed by atoms with E-state index in [1.807, 2.05) is 12.3 Å². The number of nitrogens with one attached hydrogen (secondary N) is 1. The quantitative estimate of drug-likeness (QED) is 0.928. The van der Waals surface area contributed by atoms with E-state index in [0.29, 0.717) is 6.79 Å². The van der Waals surface area contributed by atoms with Crippen molar-refractivity contribution in [2.24, 2.45) is 0 Å². The molecule has 1 atom stereocenters. The average Bonchev–Trinajstić information content (AvgIpc) is 2.96. The van der Waals surface area contributed by atoms with E-state index in [0.717, 1.165) is 56.2 Å². The van der Waals surface area contributed by atoms with Gasteiger partial charge in [0.2, 0.25) is 6.79 Å². The number of nitrogens with zero attached hydrogens (tertiary/aromatic N) is 2. The van der Waals surface area contributed by atoms with E-state index in [4.69, 9.17) is 14.5 Å². The summed E-state index contributed by atoms with van der Waals surface area (Å²) in [4.78, 5) is 7.31. The highest BCUT2D eigenvalue weighted by molar-refractivity contribution is 5.46. The summed E-state index contributed by atoms with van der Waals surface area (Å²) in [6, 6.07) is 10.8. The predicted octanol–water partition coefficient (Wildman–Crippen LogP) is 2.76. The lowest BCUT2D eigenvalue weighted by molar-refractivity contribution is 0.173. The number of hydrogen-bond acceptors (Lipinski definition) is 5. The molecule has 4 rings (SSSR count). The van der Waals surface area contributed by atoms with Gasteiger partial charge >= 0.3 is 0 Å². The van der Waals surface area contributed by atoms with Crippen LogP contribution in [0.25, 0.3) is 0 Å². The van der Waals surface area contributed by atoms with Crippen molar-refractivity contribution in [1.29, 1.82) is 0 Å².